The van der Waals surface area contributed by atoms with Crippen LogP contribution in [0.2, 0.25) is 0 Å². The van der Waals surface area contributed by atoms with Crippen molar-refractivity contribution in [2.24, 2.45) is 5.92 Å². The number of nitrogens with two attached hydrogens (primary N) is 1. The molecule has 0 radical (unpaired) electrons. The van der Waals surface area contributed by atoms with Crippen molar-refractivity contribution in [3.8, 4) is 0 Å². The SMILES string of the molecule is Nc1nc2[nH]cc(CCc3ccc(C(=O)C[C@H](CCC(=O)O)C(=O)O)cc3)c2c(=O)[nH]1. The molecule has 31 heavy (non-hydrogen) atoms. The van der Waals surface area contributed by atoms with Crippen molar-refractivity contribution in [2.75, 3.05) is 5.73 Å². The number of aromatic amines is 2. The highest BCUT2D eigenvalue weighted by Gasteiger charge is 2.23. The Hall–Kier alpha value is -3.95. The highest BCUT2D eigenvalue weighted by atomic mass is 16.4. The zero-order chi connectivity index (χ0) is 22.5. The molecule has 0 bridgehead atoms. The largest absolute Gasteiger partial charge is 0.481 e. The second-order valence-corrected chi connectivity index (χ2v) is 7.28. The van der Waals surface area contributed by atoms with Gasteiger partial charge in [-0.1, -0.05) is 24.3 Å². The predicted molar refractivity (Wildman–Crippen MR) is 112 cm³/mol. The van der Waals surface area contributed by atoms with E-state index in [0.29, 0.717) is 29.4 Å². The number of carboxylic acids is 2. The van der Waals surface area contributed by atoms with Crippen molar-refractivity contribution in [2.45, 2.75) is 32.1 Å². The molecule has 6 N–H and O–H groups in total. The minimum atomic E-state index is -1.18. The molecule has 0 saturated carbocycles. The molecule has 2 heterocycles. The number of hydrogen-bond acceptors (Lipinski definition) is 6. The smallest absolute Gasteiger partial charge is 0.306 e. The number of rotatable bonds is 10. The maximum absolute atomic E-state index is 12.4. The number of Topliss-reactive ketones (excluding diaryl/α,β-unsaturated/α-hetero) is 1. The fraction of sp³-hybridized carbons (Fsp3) is 0.286. The molecule has 0 saturated heterocycles. The van der Waals surface area contributed by atoms with Crippen LogP contribution in [0.1, 0.15) is 40.7 Å². The van der Waals surface area contributed by atoms with Crippen LogP contribution in [0, 0.1) is 5.92 Å². The number of aryl methyl sites for hydroxylation is 2. The molecule has 10 heteroatoms. The highest BCUT2D eigenvalue weighted by Crippen LogP contribution is 2.18. The Morgan fingerprint density at radius 3 is 2.45 bits per heavy atom. The lowest BCUT2D eigenvalue weighted by Crippen LogP contribution is -2.19. The van der Waals surface area contributed by atoms with E-state index < -0.39 is 17.9 Å². The number of ketones is 1. The van der Waals surface area contributed by atoms with E-state index in [1.54, 1.807) is 30.5 Å². The van der Waals surface area contributed by atoms with Gasteiger partial charge in [-0.2, -0.15) is 4.98 Å². The summed E-state index contributed by atoms with van der Waals surface area (Å²) in [6.45, 7) is 0. The van der Waals surface area contributed by atoms with Gasteiger partial charge in [0.15, 0.2) is 5.78 Å². The second-order valence-electron chi connectivity index (χ2n) is 7.28. The molecular weight excluding hydrogens is 404 g/mol. The Labute approximate surface area is 176 Å². The van der Waals surface area contributed by atoms with Crippen LogP contribution < -0.4 is 11.3 Å². The number of hydrogen-bond donors (Lipinski definition) is 5. The second kappa shape index (κ2) is 9.24. The summed E-state index contributed by atoms with van der Waals surface area (Å²) >= 11 is 0. The van der Waals surface area contributed by atoms with Gasteiger partial charge in [-0.25, -0.2) is 0 Å². The van der Waals surface area contributed by atoms with Crippen LogP contribution in [0.5, 0.6) is 0 Å². The molecule has 0 fully saturated rings. The van der Waals surface area contributed by atoms with E-state index in [4.69, 9.17) is 10.8 Å². The summed E-state index contributed by atoms with van der Waals surface area (Å²) in [5, 5.41) is 18.4. The first-order valence-electron chi connectivity index (χ1n) is 9.67. The van der Waals surface area contributed by atoms with Gasteiger partial charge >= 0.3 is 11.9 Å². The normalized spacial score (nSPS) is 12.0. The third-order valence-electron chi connectivity index (χ3n) is 5.09. The Morgan fingerprint density at radius 2 is 1.81 bits per heavy atom. The molecular formula is C21H22N4O6. The van der Waals surface area contributed by atoms with Crippen LogP contribution in [-0.4, -0.2) is 42.9 Å². The molecule has 0 unspecified atom stereocenters. The lowest BCUT2D eigenvalue weighted by Gasteiger charge is -2.10. The lowest BCUT2D eigenvalue weighted by atomic mass is 9.93. The maximum atomic E-state index is 12.4. The van der Waals surface area contributed by atoms with E-state index in [1.807, 2.05) is 0 Å². The topological polar surface area (TPSA) is 179 Å². The highest BCUT2D eigenvalue weighted by molar-refractivity contribution is 5.98. The average Bonchev–Trinajstić information content (AvgIpc) is 3.12. The Morgan fingerprint density at radius 1 is 1.10 bits per heavy atom. The van der Waals surface area contributed by atoms with Gasteiger partial charge < -0.3 is 20.9 Å². The molecule has 0 amide bonds. The van der Waals surface area contributed by atoms with E-state index in [2.05, 4.69) is 15.0 Å². The van der Waals surface area contributed by atoms with Gasteiger partial charge in [-0.3, -0.25) is 24.2 Å². The van der Waals surface area contributed by atoms with Crippen LogP contribution in [0.15, 0.2) is 35.3 Å². The molecule has 0 aliphatic carbocycles. The van der Waals surface area contributed by atoms with Crippen LogP contribution in [-0.2, 0) is 22.4 Å². The van der Waals surface area contributed by atoms with E-state index in [9.17, 15) is 24.3 Å². The van der Waals surface area contributed by atoms with Crippen molar-refractivity contribution in [3.05, 3.63) is 57.5 Å². The Bertz CT molecular complexity index is 1180. The van der Waals surface area contributed by atoms with Crippen molar-refractivity contribution < 1.29 is 24.6 Å². The average molecular weight is 426 g/mol. The first-order valence-corrected chi connectivity index (χ1v) is 9.67. The number of fused-ring (bicyclic) bond motifs is 1. The molecule has 1 aromatic carbocycles. The summed E-state index contributed by atoms with van der Waals surface area (Å²) < 4.78 is 0. The third kappa shape index (κ3) is 5.35. The van der Waals surface area contributed by atoms with Gasteiger partial charge in [0.2, 0.25) is 5.95 Å². The molecule has 1 atom stereocenters. The number of aliphatic carboxylic acids is 2. The summed E-state index contributed by atoms with van der Waals surface area (Å²) in [6, 6.07) is 6.79. The van der Waals surface area contributed by atoms with Crippen molar-refractivity contribution >= 4 is 34.7 Å². The number of nitrogens with one attached hydrogen (secondary N) is 2. The summed E-state index contributed by atoms with van der Waals surface area (Å²) in [5.41, 5.74) is 7.76. The lowest BCUT2D eigenvalue weighted by molar-refractivity contribution is -0.142. The van der Waals surface area contributed by atoms with E-state index in [-0.39, 0.29) is 36.6 Å². The molecule has 162 valence electrons. The quantitative estimate of drug-likeness (QED) is 0.304. The Kier molecular flexibility index (Phi) is 6.49. The molecule has 3 rings (SSSR count). The van der Waals surface area contributed by atoms with E-state index in [1.165, 1.54) is 0 Å². The first kappa shape index (κ1) is 21.8. The monoisotopic (exact) mass is 426 g/mol. The van der Waals surface area contributed by atoms with Gasteiger partial charge in [0.25, 0.3) is 5.56 Å². The van der Waals surface area contributed by atoms with Crippen LogP contribution in [0.4, 0.5) is 5.95 Å². The predicted octanol–water partition coefficient (Wildman–Crippen LogP) is 1.76. The van der Waals surface area contributed by atoms with Crippen LogP contribution >= 0.6 is 0 Å². The number of aromatic nitrogens is 3. The molecule has 0 spiro atoms. The molecule has 2 aromatic heterocycles. The summed E-state index contributed by atoms with van der Waals surface area (Å²) in [4.78, 5) is 55.9. The fourth-order valence-corrected chi connectivity index (χ4v) is 3.41. The number of nitrogens with zero attached hydrogens (tertiary/aromatic N) is 1. The summed E-state index contributed by atoms with van der Waals surface area (Å²) in [7, 11) is 0. The van der Waals surface area contributed by atoms with Crippen molar-refractivity contribution in [1.29, 1.82) is 0 Å². The first-order chi connectivity index (χ1) is 14.7. The standard InChI is InChI=1S/C21H22N4O6/c22-21-24-18-17(19(29)25-21)14(10-23-18)6-3-11-1-4-12(5-2-11)15(26)9-13(20(30)31)7-8-16(27)28/h1-2,4-5,10,13H,3,6-9H2,(H,27,28)(H,30,31)(H4,22,23,24,25,29)/t13-/m0/s1. The number of carbonyl (C=O) groups is 3. The number of H-pyrrole nitrogens is 2. The fourth-order valence-electron chi connectivity index (χ4n) is 3.41. The molecule has 0 aliphatic rings. The molecule has 3 aromatic rings. The van der Waals surface area contributed by atoms with Crippen LogP contribution in [0.3, 0.4) is 0 Å². The van der Waals surface area contributed by atoms with Gasteiger partial charge in [-0.05, 0) is 30.4 Å². The van der Waals surface area contributed by atoms with Crippen LogP contribution in [0.25, 0.3) is 11.0 Å². The van der Waals surface area contributed by atoms with Crippen molar-refractivity contribution in [1.82, 2.24) is 15.0 Å². The summed E-state index contributed by atoms with van der Waals surface area (Å²) in [5.74, 6) is -3.63. The Balaban J connectivity index is 1.64. The molecule has 0 aliphatic heterocycles. The minimum Gasteiger partial charge on any atom is -0.481 e. The maximum Gasteiger partial charge on any atom is 0.306 e. The number of carbonyl (C=O) groups excluding carboxylic acids is 1. The zero-order valence-electron chi connectivity index (χ0n) is 16.6. The minimum absolute atomic E-state index is 0.0410. The molecule has 10 nitrogen and oxygen atoms in total. The number of nitrogen functional groups attached to an aromatic ring is 1. The summed E-state index contributed by atoms with van der Waals surface area (Å²) in [6.07, 6.45) is 2.24. The van der Waals surface area contributed by atoms with Gasteiger partial charge in [0.1, 0.15) is 5.65 Å². The van der Waals surface area contributed by atoms with E-state index >= 15 is 0 Å². The van der Waals surface area contributed by atoms with Crippen molar-refractivity contribution in [3.63, 3.8) is 0 Å². The van der Waals surface area contributed by atoms with E-state index in [0.717, 1.165) is 11.1 Å². The van der Waals surface area contributed by atoms with Gasteiger partial charge in [-0.15, -0.1) is 0 Å². The third-order valence-corrected chi connectivity index (χ3v) is 5.09. The number of carboxylic acid groups (broad SMARTS) is 2. The van der Waals surface area contributed by atoms with Gasteiger partial charge in [0.05, 0.1) is 11.3 Å². The van der Waals surface area contributed by atoms with Gasteiger partial charge in [0, 0.05) is 24.6 Å². The number of anilines is 1. The zero-order valence-corrected chi connectivity index (χ0v) is 16.6. The number of benzene rings is 1.